The topological polar surface area (TPSA) is 70.2 Å². The molecule has 3 N–H and O–H groups in total. The maximum Gasteiger partial charge on any atom is 0.229 e. The third kappa shape index (κ3) is 6.93. The zero-order valence-electron chi connectivity index (χ0n) is 16.8. The fourth-order valence-corrected chi connectivity index (χ4v) is 3.28. The highest BCUT2D eigenvalue weighted by Gasteiger charge is 2.16. The van der Waals surface area contributed by atoms with Gasteiger partial charge in [0.2, 0.25) is 10.0 Å². The van der Waals surface area contributed by atoms with E-state index in [0.717, 1.165) is 24.0 Å². The van der Waals surface area contributed by atoms with Crippen LogP contribution in [0.1, 0.15) is 37.5 Å². The van der Waals surface area contributed by atoms with Crippen molar-refractivity contribution < 1.29 is 17.2 Å². The molecule has 0 amide bonds. The van der Waals surface area contributed by atoms with Crippen LogP contribution >= 0.6 is 12.2 Å². The third-order valence-corrected chi connectivity index (χ3v) is 5.06. The van der Waals surface area contributed by atoms with Gasteiger partial charge in [-0.15, -0.1) is 0 Å². The van der Waals surface area contributed by atoms with Gasteiger partial charge >= 0.3 is 0 Å². The monoisotopic (exact) mass is 441 g/mol. The van der Waals surface area contributed by atoms with Crippen LogP contribution in [0.3, 0.4) is 0 Å². The first-order valence-electron chi connectivity index (χ1n) is 8.92. The fourth-order valence-electron chi connectivity index (χ4n) is 2.57. The van der Waals surface area contributed by atoms with E-state index < -0.39 is 21.7 Å². The molecule has 2 aromatic rings. The van der Waals surface area contributed by atoms with Crippen LogP contribution in [0.5, 0.6) is 0 Å². The van der Waals surface area contributed by atoms with Crippen LogP contribution in [0.15, 0.2) is 36.4 Å². The molecular weight excluding hydrogens is 416 g/mol. The summed E-state index contributed by atoms with van der Waals surface area (Å²) in [6.07, 6.45) is 0.890. The van der Waals surface area contributed by atoms with E-state index in [4.69, 9.17) is 12.2 Å². The number of hydrogen-bond acceptors (Lipinski definition) is 3. The molecule has 0 radical (unpaired) electrons. The minimum Gasteiger partial charge on any atom is -0.359 e. The Kier molecular flexibility index (Phi) is 7.18. The second-order valence-corrected chi connectivity index (χ2v) is 9.90. The summed E-state index contributed by atoms with van der Waals surface area (Å²) in [7, 11) is -3.68. The number of rotatable bonds is 6. The average molecular weight is 442 g/mol. The highest BCUT2D eigenvalue weighted by atomic mass is 32.2. The number of benzene rings is 2. The molecular formula is C20H25F2N3O2S2. The molecule has 29 heavy (non-hydrogen) atoms. The molecule has 158 valence electrons. The maximum absolute atomic E-state index is 14.4. The van der Waals surface area contributed by atoms with Gasteiger partial charge in [-0.1, -0.05) is 45.0 Å². The lowest BCUT2D eigenvalue weighted by Crippen LogP contribution is -2.34. The van der Waals surface area contributed by atoms with Crippen molar-refractivity contribution in [3.05, 3.63) is 64.7 Å². The van der Waals surface area contributed by atoms with Crippen LogP contribution < -0.4 is 15.4 Å². The molecule has 0 unspecified atom stereocenters. The molecule has 0 aromatic heterocycles. The first-order valence-corrected chi connectivity index (χ1v) is 11.2. The molecule has 2 aromatic carbocycles. The second-order valence-electron chi connectivity index (χ2n) is 7.74. The number of halogens is 2. The van der Waals surface area contributed by atoms with Crippen molar-refractivity contribution in [2.24, 2.45) is 0 Å². The summed E-state index contributed by atoms with van der Waals surface area (Å²) in [6, 6.07) is 10.1. The average Bonchev–Trinajstić information content (AvgIpc) is 2.61. The van der Waals surface area contributed by atoms with Crippen LogP contribution in [-0.4, -0.2) is 19.8 Å². The zero-order chi connectivity index (χ0) is 21.8. The van der Waals surface area contributed by atoms with Crippen LogP contribution in [0.2, 0.25) is 0 Å². The van der Waals surface area contributed by atoms with Gasteiger partial charge in [0.25, 0.3) is 0 Å². The van der Waals surface area contributed by atoms with Crippen molar-refractivity contribution in [1.29, 1.82) is 0 Å². The summed E-state index contributed by atoms with van der Waals surface area (Å²) in [5, 5.41) is 5.95. The second kappa shape index (κ2) is 9.04. The van der Waals surface area contributed by atoms with E-state index in [1.807, 2.05) is 16.9 Å². The summed E-state index contributed by atoms with van der Waals surface area (Å²) in [6.45, 7) is 6.64. The molecule has 0 bridgehead atoms. The first-order chi connectivity index (χ1) is 13.4. The number of thiocarbonyl (C=S) groups is 1. The first kappa shape index (κ1) is 23.0. The Morgan fingerprint density at radius 3 is 2.14 bits per heavy atom. The zero-order valence-corrected chi connectivity index (χ0v) is 18.4. The quantitative estimate of drug-likeness (QED) is 0.595. The Bertz CT molecular complexity index is 986. The highest BCUT2D eigenvalue weighted by molar-refractivity contribution is 7.92. The van der Waals surface area contributed by atoms with Crippen molar-refractivity contribution in [2.45, 2.75) is 39.3 Å². The largest absolute Gasteiger partial charge is 0.359 e. The Labute approximate surface area is 176 Å². The van der Waals surface area contributed by atoms with Gasteiger partial charge in [0, 0.05) is 18.7 Å². The van der Waals surface area contributed by atoms with E-state index in [0.29, 0.717) is 6.54 Å². The van der Waals surface area contributed by atoms with Crippen molar-refractivity contribution in [3.63, 3.8) is 0 Å². The number of sulfonamides is 1. The van der Waals surface area contributed by atoms with Crippen molar-refractivity contribution in [2.75, 3.05) is 11.0 Å². The number of nitrogens with one attached hydrogen (secondary N) is 3. The molecule has 0 spiro atoms. The van der Waals surface area contributed by atoms with Gasteiger partial charge < -0.3 is 10.6 Å². The molecule has 0 saturated heterocycles. The molecule has 9 heteroatoms. The Hall–Kier alpha value is -2.26. The minimum atomic E-state index is -3.68. The Balaban J connectivity index is 1.96. The van der Waals surface area contributed by atoms with Crippen LogP contribution in [0, 0.1) is 11.6 Å². The Morgan fingerprint density at radius 2 is 1.59 bits per heavy atom. The predicted molar refractivity (Wildman–Crippen MR) is 116 cm³/mol. The van der Waals surface area contributed by atoms with Gasteiger partial charge in [-0.05, 0) is 40.9 Å². The van der Waals surface area contributed by atoms with E-state index in [2.05, 4.69) is 43.5 Å². The summed E-state index contributed by atoms with van der Waals surface area (Å²) in [5.41, 5.74) is 1.67. The third-order valence-electron chi connectivity index (χ3n) is 4.18. The SMILES string of the molecule is CC(C)(C)c1ccc(CNC(=S)NCc2c(F)ccc(NS(C)(=O)=O)c2F)cc1. The molecule has 0 aliphatic rings. The van der Waals surface area contributed by atoms with Gasteiger partial charge in [-0.3, -0.25) is 4.72 Å². The van der Waals surface area contributed by atoms with E-state index >= 15 is 0 Å². The standard InChI is InChI=1S/C20H25F2N3O2S2/c1-20(2,3)14-7-5-13(6-8-14)11-23-19(28)24-12-15-16(21)9-10-17(18(15)22)25-29(4,26)27/h5-10,25H,11-12H2,1-4H3,(H2,23,24,28). The lowest BCUT2D eigenvalue weighted by Gasteiger charge is -2.19. The summed E-state index contributed by atoms with van der Waals surface area (Å²) in [5.74, 6) is -1.78. The van der Waals surface area contributed by atoms with Crippen LogP contribution in [0.25, 0.3) is 0 Å². The normalized spacial score (nSPS) is 11.8. The van der Waals surface area contributed by atoms with Crippen LogP contribution in [0.4, 0.5) is 14.5 Å². The molecule has 0 aliphatic carbocycles. The molecule has 0 fully saturated rings. The molecule has 5 nitrogen and oxygen atoms in total. The molecule has 0 aliphatic heterocycles. The summed E-state index contributed by atoms with van der Waals surface area (Å²) >= 11 is 5.17. The van der Waals surface area contributed by atoms with Gasteiger partial charge in [0.15, 0.2) is 10.9 Å². The smallest absolute Gasteiger partial charge is 0.229 e. The van der Waals surface area contributed by atoms with Gasteiger partial charge in [0.05, 0.1) is 11.9 Å². The lowest BCUT2D eigenvalue weighted by molar-refractivity contribution is 0.552. The van der Waals surface area contributed by atoms with E-state index in [-0.39, 0.29) is 28.3 Å². The van der Waals surface area contributed by atoms with Gasteiger partial charge in [-0.2, -0.15) is 0 Å². The Morgan fingerprint density at radius 1 is 1.00 bits per heavy atom. The van der Waals surface area contributed by atoms with Crippen molar-refractivity contribution in [3.8, 4) is 0 Å². The molecule has 0 saturated carbocycles. The van der Waals surface area contributed by atoms with Crippen molar-refractivity contribution in [1.82, 2.24) is 10.6 Å². The van der Waals surface area contributed by atoms with E-state index in [1.54, 1.807) is 0 Å². The maximum atomic E-state index is 14.4. The molecule has 2 rings (SSSR count). The van der Waals surface area contributed by atoms with Gasteiger partial charge in [-0.25, -0.2) is 17.2 Å². The minimum absolute atomic E-state index is 0.0669. The lowest BCUT2D eigenvalue weighted by atomic mass is 9.87. The van der Waals surface area contributed by atoms with E-state index in [9.17, 15) is 17.2 Å². The fraction of sp³-hybridized carbons (Fsp3) is 0.350. The van der Waals surface area contributed by atoms with Crippen LogP contribution in [-0.2, 0) is 28.5 Å². The molecule has 0 heterocycles. The number of anilines is 1. The van der Waals surface area contributed by atoms with Gasteiger partial charge in [0.1, 0.15) is 5.82 Å². The van der Waals surface area contributed by atoms with E-state index in [1.165, 1.54) is 5.56 Å². The summed E-state index contributed by atoms with van der Waals surface area (Å²) < 4.78 is 53.0. The number of hydrogen-bond donors (Lipinski definition) is 3. The summed E-state index contributed by atoms with van der Waals surface area (Å²) in [4.78, 5) is 0. The highest BCUT2D eigenvalue weighted by Crippen LogP contribution is 2.23. The van der Waals surface area contributed by atoms with Crippen molar-refractivity contribution >= 4 is 33.0 Å². The predicted octanol–water partition coefficient (Wildman–Crippen LogP) is 3.80. The molecule has 0 atom stereocenters.